The first-order valence-corrected chi connectivity index (χ1v) is 9.30. The first-order chi connectivity index (χ1) is 12.7. The highest BCUT2D eigenvalue weighted by Gasteiger charge is 2.27. The number of morpholine rings is 1. The Balaban J connectivity index is 1.41. The van der Waals surface area contributed by atoms with Crippen molar-refractivity contribution in [2.24, 2.45) is 0 Å². The summed E-state index contributed by atoms with van der Waals surface area (Å²) >= 11 is 0. The summed E-state index contributed by atoms with van der Waals surface area (Å²) in [7, 11) is 1.67. The standard InChI is InChI=1S/C19H26N4O3/c1-14-3-4-15(13-17(14)24-2)18-20-19(21-26-18)23-7-5-16(6-8-23)22-9-11-25-12-10-22/h3-4,13,16H,5-12H2,1-2H3. The van der Waals surface area contributed by atoms with Gasteiger partial charge in [0.2, 0.25) is 0 Å². The minimum Gasteiger partial charge on any atom is -0.496 e. The molecule has 140 valence electrons. The van der Waals surface area contributed by atoms with Crippen molar-refractivity contribution < 1.29 is 14.0 Å². The van der Waals surface area contributed by atoms with Crippen LogP contribution in [0.4, 0.5) is 5.95 Å². The number of aromatic nitrogens is 2. The van der Waals surface area contributed by atoms with Crippen LogP contribution in [0.5, 0.6) is 5.75 Å². The van der Waals surface area contributed by atoms with Crippen LogP contribution in [0.15, 0.2) is 22.7 Å². The molecule has 1 aromatic carbocycles. The van der Waals surface area contributed by atoms with Crippen LogP contribution in [0, 0.1) is 6.92 Å². The largest absolute Gasteiger partial charge is 0.496 e. The van der Waals surface area contributed by atoms with Gasteiger partial charge in [-0.15, -0.1) is 0 Å². The van der Waals surface area contributed by atoms with Gasteiger partial charge in [-0.25, -0.2) is 0 Å². The molecule has 0 saturated carbocycles. The lowest BCUT2D eigenvalue weighted by molar-refractivity contribution is 0.0114. The Hall–Kier alpha value is -2.12. The fraction of sp³-hybridized carbons (Fsp3) is 0.579. The molecule has 0 radical (unpaired) electrons. The summed E-state index contributed by atoms with van der Waals surface area (Å²) in [4.78, 5) is 9.38. The molecule has 0 N–H and O–H groups in total. The van der Waals surface area contributed by atoms with Crippen LogP contribution in [-0.4, -0.2) is 67.6 Å². The Morgan fingerprint density at radius 1 is 1.12 bits per heavy atom. The lowest BCUT2D eigenvalue weighted by Gasteiger charge is -2.39. The molecule has 7 heteroatoms. The highest BCUT2D eigenvalue weighted by atomic mass is 16.5. The lowest BCUT2D eigenvalue weighted by Crippen LogP contribution is -2.49. The first-order valence-electron chi connectivity index (χ1n) is 9.30. The van der Waals surface area contributed by atoms with E-state index in [0.29, 0.717) is 17.9 Å². The van der Waals surface area contributed by atoms with Crippen LogP contribution < -0.4 is 9.64 Å². The van der Waals surface area contributed by atoms with E-state index in [1.165, 1.54) is 0 Å². The molecule has 0 amide bonds. The summed E-state index contributed by atoms with van der Waals surface area (Å²) in [6.07, 6.45) is 2.25. The zero-order chi connectivity index (χ0) is 17.9. The topological polar surface area (TPSA) is 63.9 Å². The fourth-order valence-electron chi connectivity index (χ4n) is 3.79. The zero-order valence-electron chi connectivity index (χ0n) is 15.5. The highest BCUT2D eigenvalue weighted by molar-refractivity contribution is 5.58. The van der Waals surface area contributed by atoms with Crippen LogP contribution in [0.3, 0.4) is 0 Å². The van der Waals surface area contributed by atoms with Crippen molar-refractivity contribution in [3.63, 3.8) is 0 Å². The van der Waals surface area contributed by atoms with Crippen molar-refractivity contribution >= 4 is 5.95 Å². The first kappa shape index (κ1) is 17.3. The average molecular weight is 358 g/mol. The molecule has 1 aromatic heterocycles. The van der Waals surface area contributed by atoms with E-state index < -0.39 is 0 Å². The van der Waals surface area contributed by atoms with E-state index in [1.807, 2.05) is 25.1 Å². The maximum atomic E-state index is 5.50. The number of hydrogen-bond acceptors (Lipinski definition) is 7. The predicted octanol–water partition coefficient (Wildman–Crippen LogP) is 2.35. The summed E-state index contributed by atoms with van der Waals surface area (Å²) in [5.41, 5.74) is 1.97. The number of ether oxygens (including phenoxy) is 2. The van der Waals surface area contributed by atoms with Gasteiger partial charge >= 0.3 is 0 Å². The number of aryl methyl sites for hydroxylation is 1. The second kappa shape index (κ2) is 7.63. The van der Waals surface area contributed by atoms with Gasteiger partial charge in [0.15, 0.2) is 0 Å². The van der Waals surface area contributed by atoms with Crippen molar-refractivity contribution in [3.05, 3.63) is 23.8 Å². The van der Waals surface area contributed by atoms with E-state index in [2.05, 4.69) is 19.9 Å². The quantitative estimate of drug-likeness (QED) is 0.831. The molecule has 2 aromatic rings. The summed E-state index contributed by atoms with van der Waals surface area (Å²) in [5, 5.41) is 4.20. The maximum absolute atomic E-state index is 5.50. The smallest absolute Gasteiger partial charge is 0.266 e. The van der Waals surface area contributed by atoms with Gasteiger partial charge in [0.25, 0.3) is 11.8 Å². The highest BCUT2D eigenvalue weighted by Crippen LogP contribution is 2.28. The van der Waals surface area contributed by atoms with Gasteiger partial charge in [-0.1, -0.05) is 6.07 Å². The van der Waals surface area contributed by atoms with Crippen molar-refractivity contribution in [3.8, 4) is 17.2 Å². The van der Waals surface area contributed by atoms with Gasteiger partial charge in [0.05, 0.1) is 20.3 Å². The number of benzene rings is 1. The minimum atomic E-state index is 0.536. The van der Waals surface area contributed by atoms with E-state index in [-0.39, 0.29) is 0 Å². The van der Waals surface area contributed by atoms with Crippen molar-refractivity contribution in [1.29, 1.82) is 0 Å². The van der Waals surface area contributed by atoms with Crippen molar-refractivity contribution in [1.82, 2.24) is 15.0 Å². The maximum Gasteiger partial charge on any atom is 0.266 e. The van der Waals surface area contributed by atoms with Gasteiger partial charge in [-0.3, -0.25) is 4.90 Å². The Morgan fingerprint density at radius 3 is 2.62 bits per heavy atom. The number of anilines is 1. The van der Waals surface area contributed by atoms with Crippen LogP contribution in [0.2, 0.25) is 0 Å². The Kier molecular flexibility index (Phi) is 5.08. The molecule has 0 unspecified atom stereocenters. The predicted molar refractivity (Wildman–Crippen MR) is 98.7 cm³/mol. The number of methoxy groups -OCH3 is 1. The molecule has 0 spiro atoms. The summed E-state index contributed by atoms with van der Waals surface area (Å²) in [6, 6.07) is 6.58. The van der Waals surface area contributed by atoms with E-state index in [0.717, 1.165) is 69.1 Å². The number of hydrogen-bond donors (Lipinski definition) is 0. The van der Waals surface area contributed by atoms with Crippen LogP contribution in [0.25, 0.3) is 11.5 Å². The van der Waals surface area contributed by atoms with Gasteiger partial charge < -0.3 is 18.9 Å². The van der Waals surface area contributed by atoms with Crippen LogP contribution >= 0.6 is 0 Å². The Bertz CT molecular complexity index is 734. The van der Waals surface area contributed by atoms with Gasteiger partial charge in [0.1, 0.15) is 5.75 Å². The Morgan fingerprint density at radius 2 is 1.88 bits per heavy atom. The third kappa shape index (κ3) is 3.54. The molecule has 0 atom stereocenters. The monoisotopic (exact) mass is 358 g/mol. The molecule has 0 bridgehead atoms. The van der Waals surface area contributed by atoms with Crippen LogP contribution in [0.1, 0.15) is 18.4 Å². The molecular formula is C19H26N4O3. The number of nitrogens with zero attached hydrogens (tertiary/aromatic N) is 4. The molecule has 0 aliphatic carbocycles. The number of piperidine rings is 1. The molecule has 7 nitrogen and oxygen atoms in total. The fourth-order valence-corrected chi connectivity index (χ4v) is 3.79. The summed E-state index contributed by atoms with van der Waals surface area (Å²) < 4.78 is 16.3. The average Bonchev–Trinajstić information content (AvgIpc) is 3.19. The van der Waals surface area contributed by atoms with Gasteiger partial charge in [0, 0.05) is 37.8 Å². The molecule has 2 aliphatic rings. The van der Waals surface area contributed by atoms with Crippen molar-refractivity contribution in [2.75, 3.05) is 51.4 Å². The molecule has 2 aliphatic heterocycles. The van der Waals surface area contributed by atoms with Gasteiger partial charge in [-0.2, -0.15) is 4.98 Å². The number of rotatable bonds is 4. The normalized spacial score (nSPS) is 19.7. The second-order valence-electron chi connectivity index (χ2n) is 6.95. The van der Waals surface area contributed by atoms with Gasteiger partial charge in [-0.05, 0) is 42.6 Å². The zero-order valence-corrected chi connectivity index (χ0v) is 15.5. The molecule has 2 fully saturated rings. The third-order valence-electron chi connectivity index (χ3n) is 5.38. The molecule has 3 heterocycles. The minimum absolute atomic E-state index is 0.536. The van der Waals surface area contributed by atoms with E-state index in [4.69, 9.17) is 14.0 Å². The SMILES string of the molecule is COc1cc(-c2nc(N3CCC(N4CCOCC4)CC3)no2)ccc1C. The van der Waals surface area contributed by atoms with Crippen molar-refractivity contribution in [2.45, 2.75) is 25.8 Å². The molecule has 26 heavy (non-hydrogen) atoms. The van der Waals surface area contributed by atoms with E-state index in [9.17, 15) is 0 Å². The third-order valence-corrected chi connectivity index (χ3v) is 5.38. The van der Waals surface area contributed by atoms with E-state index >= 15 is 0 Å². The molecule has 4 rings (SSSR count). The molecule has 2 saturated heterocycles. The summed E-state index contributed by atoms with van der Waals surface area (Å²) in [6.45, 7) is 7.73. The summed E-state index contributed by atoms with van der Waals surface area (Å²) in [5.74, 6) is 2.04. The second-order valence-corrected chi connectivity index (χ2v) is 6.95. The Labute approximate surface area is 153 Å². The lowest BCUT2D eigenvalue weighted by atomic mass is 10.0. The molecular weight excluding hydrogens is 332 g/mol. The van der Waals surface area contributed by atoms with E-state index in [1.54, 1.807) is 7.11 Å². The van der Waals surface area contributed by atoms with Crippen LogP contribution in [-0.2, 0) is 4.74 Å².